The second-order valence-electron chi connectivity index (χ2n) is 5.70. The summed E-state index contributed by atoms with van der Waals surface area (Å²) in [6, 6.07) is 17.4. The Balaban J connectivity index is 1.62. The fraction of sp³-hybridized carbons (Fsp3) is 0.368. The van der Waals surface area contributed by atoms with Crippen LogP contribution in [0, 0.1) is 0 Å². The first-order valence-corrected chi connectivity index (χ1v) is 7.82. The van der Waals surface area contributed by atoms with E-state index < -0.39 is 0 Å². The largest absolute Gasteiger partial charge is 0.494 e. The lowest BCUT2D eigenvalue weighted by Crippen LogP contribution is -2.30. The zero-order valence-corrected chi connectivity index (χ0v) is 12.8. The van der Waals surface area contributed by atoms with E-state index in [1.807, 2.05) is 13.0 Å². The van der Waals surface area contributed by atoms with Crippen LogP contribution in [-0.2, 0) is 6.42 Å². The number of ether oxygens (including phenoxy) is 1. The molecule has 0 spiro atoms. The summed E-state index contributed by atoms with van der Waals surface area (Å²) in [5.74, 6) is 1.65. The summed E-state index contributed by atoms with van der Waals surface area (Å²) in [6.45, 7) is 5.97. The number of benzene rings is 2. The standard InChI is InChI=1S/C19H23NO/c1-3-21-19-11-7-6-9-17(19)14(2)20-13-16-12-15-8-4-5-10-18(15)16/h4-11,14,16,20H,3,12-13H2,1-2H3. The van der Waals surface area contributed by atoms with Crippen LogP contribution < -0.4 is 10.1 Å². The van der Waals surface area contributed by atoms with E-state index in [2.05, 4.69) is 54.7 Å². The summed E-state index contributed by atoms with van der Waals surface area (Å²) in [5, 5.41) is 3.66. The van der Waals surface area contributed by atoms with Crippen LogP contribution in [0.15, 0.2) is 48.5 Å². The first-order valence-electron chi connectivity index (χ1n) is 7.82. The highest BCUT2D eigenvalue weighted by molar-refractivity contribution is 5.40. The maximum atomic E-state index is 5.72. The van der Waals surface area contributed by atoms with Crippen LogP contribution in [0.4, 0.5) is 0 Å². The third-order valence-electron chi connectivity index (χ3n) is 4.32. The van der Waals surface area contributed by atoms with Crippen molar-refractivity contribution < 1.29 is 4.74 Å². The molecule has 0 saturated carbocycles. The first kappa shape index (κ1) is 14.2. The molecule has 110 valence electrons. The molecule has 1 N–H and O–H groups in total. The average Bonchev–Trinajstić information content (AvgIpc) is 2.49. The smallest absolute Gasteiger partial charge is 0.124 e. The molecule has 2 heteroatoms. The molecule has 2 aromatic carbocycles. The lowest BCUT2D eigenvalue weighted by molar-refractivity contribution is 0.331. The summed E-state index contributed by atoms with van der Waals surface area (Å²) in [5.41, 5.74) is 4.26. The summed E-state index contributed by atoms with van der Waals surface area (Å²) in [6.07, 6.45) is 1.20. The highest BCUT2D eigenvalue weighted by Gasteiger charge is 2.25. The van der Waals surface area contributed by atoms with Gasteiger partial charge < -0.3 is 10.1 Å². The minimum absolute atomic E-state index is 0.306. The molecule has 21 heavy (non-hydrogen) atoms. The molecule has 3 rings (SSSR count). The van der Waals surface area contributed by atoms with E-state index in [0.717, 1.165) is 12.3 Å². The van der Waals surface area contributed by atoms with E-state index in [1.54, 1.807) is 0 Å². The molecule has 0 heterocycles. The van der Waals surface area contributed by atoms with Gasteiger partial charge in [-0.15, -0.1) is 0 Å². The van der Waals surface area contributed by atoms with Gasteiger partial charge in [-0.2, -0.15) is 0 Å². The van der Waals surface area contributed by atoms with Crippen LogP contribution in [0.5, 0.6) is 5.75 Å². The van der Waals surface area contributed by atoms with Crippen molar-refractivity contribution in [2.75, 3.05) is 13.2 Å². The van der Waals surface area contributed by atoms with Crippen LogP contribution in [0.1, 0.15) is 42.5 Å². The van der Waals surface area contributed by atoms with Crippen LogP contribution in [0.2, 0.25) is 0 Å². The zero-order valence-electron chi connectivity index (χ0n) is 12.8. The number of para-hydroxylation sites is 1. The van der Waals surface area contributed by atoms with E-state index >= 15 is 0 Å². The average molecular weight is 281 g/mol. The number of hydrogen-bond donors (Lipinski definition) is 1. The molecule has 0 bridgehead atoms. The Kier molecular flexibility index (Phi) is 4.26. The Hall–Kier alpha value is -1.80. The topological polar surface area (TPSA) is 21.3 Å². The molecule has 0 aliphatic heterocycles. The number of nitrogens with one attached hydrogen (secondary N) is 1. The van der Waals surface area contributed by atoms with Gasteiger partial charge in [-0.05, 0) is 37.5 Å². The van der Waals surface area contributed by atoms with Gasteiger partial charge in [0.2, 0.25) is 0 Å². The van der Waals surface area contributed by atoms with Crippen molar-refractivity contribution in [2.24, 2.45) is 0 Å². The van der Waals surface area contributed by atoms with Gasteiger partial charge in [0.05, 0.1) is 6.61 Å². The van der Waals surface area contributed by atoms with Crippen LogP contribution in [0.3, 0.4) is 0 Å². The Labute approximate surface area is 127 Å². The fourth-order valence-corrected chi connectivity index (χ4v) is 3.10. The predicted molar refractivity (Wildman–Crippen MR) is 86.9 cm³/mol. The maximum Gasteiger partial charge on any atom is 0.124 e. The van der Waals surface area contributed by atoms with E-state index in [0.29, 0.717) is 18.6 Å². The summed E-state index contributed by atoms with van der Waals surface area (Å²) in [7, 11) is 0. The van der Waals surface area contributed by atoms with Crippen molar-refractivity contribution in [3.05, 3.63) is 65.2 Å². The summed E-state index contributed by atoms with van der Waals surface area (Å²) in [4.78, 5) is 0. The predicted octanol–water partition coefficient (Wildman–Crippen LogP) is 4.08. The Bertz CT molecular complexity index is 608. The number of fused-ring (bicyclic) bond motifs is 1. The van der Waals surface area contributed by atoms with Crippen molar-refractivity contribution in [3.63, 3.8) is 0 Å². The SMILES string of the molecule is CCOc1ccccc1C(C)NCC1Cc2ccccc21. The quantitative estimate of drug-likeness (QED) is 0.861. The molecule has 2 atom stereocenters. The molecule has 2 nitrogen and oxygen atoms in total. The van der Waals surface area contributed by atoms with E-state index in [-0.39, 0.29) is 0 Å². The van der Waals surface area contributed by atoms with Crippen LogP contribution in [0.25, 0.3) is 0 Å². The van der Waals surface area contributed by atoms with Crippen LogP contribution in [-0.4, -0.2) is 13.2 Å². The van der Waals surface area contributed by atoms with Crippen molar-refractivity contribution in [2.45, 2.75) is 32.2 Å². The van der Waals surface area contributed by atoms with Gasteiger partial charge >= 0.3 is 0 Å². The van der Waals surface area contributed by atoms with Crippen LogP contribution >= 0.6 is 0 Å². The molecule has 2 aromatic rings. The minimum atomic E-state index is 0.306. The Morgan fingerprint density at radius 1 is 1.14 bits per heavy atom. The van der Waals surface area contributed by atoms with Gasteiger partial charge in [-0.3, -0.25) is 0 Å². The highest BCUT2D eigenvalue weighted by atomic mass is 16.5. The molecule has 1 aliphatic carbocycles. The molecular formula is C19H23NO. The molecule has 0 aromatic heterocycles. The van der Waals surface area contributed by atoms with Gasteiger partial charge in [-0.1, -0.05) is 42.5 Å². The summed E-state index contributed by atoms with van der Waals surface area (Å²) >= 11 is 0. The number of rotatable bonds is 6. The zero-order chi connectivity index (χ0) is 14.7. The van der Waals surface area contributed by atoms with Crippen molar-refractivity contribution in [1.82, 2.24) is 5.32 Å². The highest BCUT2D eigenvalue weighted by Crippen LogP contribution is 2.35. The molecule has 0 fully saturated rings. The van der Waals surface area contributed by atoms with Gasteiger partial charge in [0.25, 0.3) is 0 Å². The van der Waals surface area contributed by atoms with Gasteiger partial charge in [0.15, 0.2) is 0 Å². The Morgan fingerprint density at radius 2 is 1.90 bits per heavy atom. The monoisotopic (exact) mass is 281 g/mol. The normalized spacial score (nSPS) is 17.7. The van der Waals surface area contributed by atoms with Gasteiger partial charge in [-0.25, -0.2) is 0 Å². The molecule has 2 unspecified atom stereocenters. The second kappa shape index (κ2) is 6.31. The lowest BCUT2D eigenvalue weighted by Gasteiger charge is -2.31. The lowest BCUT2D eigenvalue weighted by atomic mass is 9.77. The van der Waals surface area contributed by atoms with E-state index in [1.165, 1.54) is 23.1 Å². The van der Waals surface area contributed by atoms with Gasteiger partial charge in [0.1, 0.15) is 5.75 Å². The molecule has 0 saturated heterocycles. The fourth-order valence-electron chi connectivity index (χ4n) is 3.10. The van der Waals surface area contributed by atoms with Crippen molar-refractivity contribution in [3.8, 4) is 5.75 Å². The first-order chi connectivity index (χ1) is 10.3. The molecule has 1 aliphatic rings. The second-order valence-corrected chi connectivity index (χ2v) is 5.70. The third-order valence-corrected chi connectivity index (χ3v) is 4.32. The van der Waals surface area contributed by atoms with Crippen molar-refractivity contribution in [1.29, 1.82) is 0 Å². The Morgan fingerprint density at radius 3 is 2.71 bits per heavy atom. The third kappa shape index (κ3) is 2.96. The molecular weight excluding hydrogens is 258 g/mol. The minimum Gasteiger partial charge on any atom is -0.494 e. The molecule has 0 amide bonds. The summed E-state index contributed by atoms with van der Waals surface area (Å²) < 4.78 is 5.72. The number of hydrogen-bond acceptors (Lipinski definition) is 2. The van der Waals surface area contributed by atoms with E-state index in [9.17, 15) is 0 Å². The maximum absolute atomic E-state index is 5.72. The van der Waals surface area contributed by atoms with E-state index in [4.69, 9.17) is 4.74 Å². The molecule has 0 radical (unpaired) electrons. The van der Waals surface area contributed by atoms with Gasteiger partial charge in [0, 0.05) is 24.1 Å². The van der Waals surface area contributed by atoms with Crippen molar-refractivity contribution >= 4 is 0 Å².